The Balaban J connectivity index is 1.45. The fourth-order valence-electron chi connectivity index (χ4n) is 3.69. The van der Waals surface area contributed by atoms with Crippen LogP contribution in [0.15, 0.2) is 77.6 Å². The number of halogens is 1. The lowest BCUT2D eigenvalue weighted by Crippen LogP contribution is -2.29. The van der Waals surface area contributed by atoms with Crippen LogP contribution in [0, 0.1) is 11.7 Å². The van der Waals surface area contributed by atoms with E-state index in [2.05, 4.69) is 15.6 Å². The molecule has 9 nitrogen and oxygen atoms in total. The van der Waals surface area contributed by atoms with Crippen molar-refractivity contribution >= 4 is 28.5 Å². The predicted molar refractivity (Wildman–Crippen MR) is 125 cm³/mol. The second-order valence-corrected chi connectivity index (χ2v) is 7.87. The van der Waals surface area contributed by atoms with Crippen LogP contribution in [0.25, 0.3) is 10.9 Å². The number of aromatic nitrogens is 3. The number of aliphatic carboxylic acids is 1. The summed E-state index contributed by atoms with van der Waals surface area (Å²) in [5, 5.41) is 31.1. The molecule has 0 fully saturated rings. The Bertz CT molecular complexity index is 1440. The van der Waals surface area contributed by atoms with Crippen LogP contribution >= 0.6 is 0 Å². The van der Waals surface area contributed by atoms with E-state index in [1.165, 1.54) is 42.5 Å². The van der Waals surface area contributed by atoms with Crippen molar-refractivity contribution in [2.24, 2.45) is 5.92 Å². The Morgan fingerprint density at radius 1 is 1.00 bits per heavy atom. The number of amides is 1. The first-order chi connectivity index (χ1) is 16.8. The Hall–Kier alpha value is -4.44. The smallest absolute Gasteiger partial charge is 0.309 e. The van der Waals surface area contributed by atoms with Crippen molar-refractivity contribution in [2.45, 2.75) is 19.1 Å². The molecule has 4 rings (SSSR count). The van der Waals surface area contributed by atoms with Gasteiger partial charge in [0.05, 0.1) is 23.0 Å². The molecular weight excluding hydrogens is 455 g/mol. The van der Waals surface area contributed by atoms with Crippen LogP contribution < -0.4 is 10.9 Å². The van der Waals surface area contributed by atoms with Crippen LogP contribution in [-0.2, 0) is 11.3 Å². The van der Waals surface area contributed by atoms with E-state index >= 15 is 0 Å². The number of fused-ring (bicyclic) bond motifs is 1. The standard InChI is InChI=1S/C25H21FN4O5/c26-20-7-3-1-5-17(20)23(32)27-16-11-9-15(10-12-16)22(31)19(25(34)35)13-14-30-24(33)18-6-2-4-8-21(18)28-29-30/h1-12,19,22,31H,13-14H2,(H,27,32)(H,34,35)/t19-,22?/m0/s1. The van der Waals surface area contributed by atoms with Gasteiger partial charge in [0.2, 0.25) is 0 Å². The lowest BCUT2D eigenvalue weighted by Gasteiger charge is -2.20. The minimum atomic E-state index is -1.38. The number of nitrogens with zero attached hydrogens (tertiary/aromatic N) is 3. The Morgan fingerprint density at radius 3 is 2.40 bits per heavy atom. The van der Waals surface area contributed by atoms with E-state index in [1.54, 1.807) is 30.3 Å². The number of anilines is 1. The van der Waals surface area contributed by atoms with Gasteiger partial charge in [0.15, 0.2) is 0 Å². The number of aryl methyl sites for hydroxylation is 1. The molecule has 0 spiro atoms. The zero-order valence-electron chi connectivity index (χ0n) is 18.3. The number of rotatable bonds is 8. The molecule has 1 heterocycles. The summed E-state index contributed by atoms with van der Waals surface area (Å²) in [5.74, 6) is -3.76. The zero-order chi connectivity index (χ0) is 24.9. The molecule has 0 aliphatic heterocycles. The van der Waals surface area contributed by atoms with Crippen LogP contribution in [0.4, 0.5) is 10.1 Å². The fourth-order valence-corrected chi connectivity index (χ4v) is 3.69. The number of aliphatic hydroxyl groups is 1. The van der Waals surface area contributed by atoms with Gasteiger partial charge in [0.1, 0.15) is 11.3 Å². The molecule has 0 saturated carbocycles. The third-order valence-electron chi connectivity index (χ3n) is 5.61. The summed E-state index contributed by atoms with van der Waals surface area (Å²) in [6, 6.07) is 18.1. The van der Waals surface area contributed by atoms with Crippen molar-refractivity contribution in [1.29, 1.82) is 0 Å². The molecule has 178 valence electrons. The molecule has 0 bridgehead atoms. The minimum absolute atomic E-state index is 0.0541. The lowest BCUT2D eigenvalue weighted by molar-refractivity contribution is -0.146. The van der Waals surface area contributed by atoms with E-state index in [-0.39, 0.29) is 18.5 Å². The lowest BCUT2D eigenvalue weighted by atomic mass is 9.92. The van der Waals surface area contributed by atoms with Gasteiger partial charge in [0, 0.05) is 12.2 Å². The van der Waals surface area contributed by atoms with E-state index in [9.17, 15) is 29.0 Å². The normalized spacial score (nSPS) is 12.7. The number of carboxylic acid groups (broad SMARTS) is 1. The monoisotopic (exact) mass is 476 g/mol. The topological polar surface area (TPSA) is 134 Å². The molecule has 10 heteroatoms. The molecule has 35 heavy (non-hydrogen) atoms. The van der Waals surface area contributed by atoms with Crippen LogP contribution in [0.2, 0.25) is 0 Å². The summed E-state index contributed by atoms with van der Waals surface area (Å²) in [6.45, 7) is -0.0541. The van der Waals surface area contributed by atoms with Gasteiger partial charge < -0.3 is 15.5 Å². The van der Waals surface area contributed by atoms with E-state index in [4.69, 9.17) is 0 Å². The maximum atomic E-state index is 13.8. The number of hydrogen-bond acceptors (Lipinski definition) is 6. The second kappa shape index (κ2) is 10.2. The maximum Gasteiger partial charge on any atom is 0.309 e. The molecule has 3 N–H and O–H groups in total. The van der Waals surface area contributed by atoms with E-state index < -0.39 is 35.3 Å². The highest BCUT2D eigenvalue weighted by molar-refractivity contribution is 6.04. The summed E-state index contributed by atoms with van der Waals surface area (Å²) in [6.07, 6.45) is -1.46. The van der Waals surface area contributed by atoms with Crippen LogP contribution in [0.1, 0.15) is 28.4 Å². The van der Waals surface area contributed by atoms with E-state index in [0.717, 1.165) is 4.68 Å². The van der Waals surface area contributed by atoms with Gasteiger partial charge in [-0.25, -0.2) is 9.07 Å². The Kier molecular flexibility index (Phi) is 6.93. The first kappa shape index (κ1) is 23.7. The quantitative estimate of drug-likeness (QED) is 0.356. The number of carbonyl (C=O) groups is 2. The molecule has 1 amide bonds. The Morgan fingerprint density at radius 2 is 1.69 bits per heavy atom. The molecule has 0 saturated heterocycles. The molecule has 0 aliphatic carbocycles. The van der Waals surface area contributed by atoms with Gasteiger partial charge in [-0.05, 0) is 48.4 Å². The molecule has 3 aromatic carbocycles. The van der Waals surface area contributed by atoms with Gasteiger partial charge in [-0.1, -0.05) is 41.6 Å². The number of nitrogens with one attached hydrogen (secondary N) is 1. The van der Waals surface area contributed by atoms with Crippen molar-refractivity contribution in [3.05, 3.63) is 100 Å². The highest BCUT2D eigenvalue weighted by atomic mass is 19.1. The number of carbonyl (C=O) groups excluding carboxylic acids is 1. The first-order valence-corrected chi connectivity index (χ1v) is 10.7. The molecule has 1 unspecified atom stereocenters. The van der Waals surface area contributed by atoms with Gasteiger partial charge in [-0.3, -0.25) is 14.4 Å². The largest absolute Gasteiger partial charge is 0.481 e. The summed E-state index contributed by atoms with van der Waals surface area (Å²) in [7, 11) is 0. The number of hydrogen-bond donors (Lipinski definition) is 3. The van der Waals surface area contributed by atoms with Crippen molar-refractivity contribution in [3.63, 3.8) is 0 Å². The predicted octanol–water partition coefficient (Wildman–Crippen LogP) is 3.01. The van der Waals surface area contributed by atoms with Gasteiger partial charge >= 0.3 is 5.97 Å². The highest BCUT2D eigenvalue weighted by Crippen LogP contribution is 2.27. The summed E-state index contributed by atoms with van der Waals surface area (Å²) < 4.78 is 14.9. The van der Waals surface area contributed by atoms with Gasteiger partial charge in [0.25, 0.3) is 11.5 Å². The van der Waals surface area contributed by atoms with Gasteiger partial charge in [-0.2, -0.15) is 0 Å². The van der Waals surface area contributed by atoms with Crippen molar-refractivity contribution in [1.82, 2.24) is 15.0 Å². The van der Waals surface area contributed by atoms with Crippen LogP contribution in [-0.4, -0.2) is 37.1 Å². The fraction of sp³-hybridized carbons (Fsp3) is 0.160. The third-order valence-corrected chi connectivity index (χ3v) is 5.61. The molecule has 1 aromatic heterocycles. The Labute approximate surface area is 198 Å². The average molecular weight is 476 g/mol. The van der Waals surface area contributed by atoms with Crippen molar-refractivity contribution < 1.29 is 24.2 Å². The minimum Gasteiger partial charge on any atom is -0.481 e. The SMILES string of the molecule is O=C(Nc1ccc(C(O)[C@H](CCn2nnc3ccccc3c2=O)C(=O)O)cc1)c1ccccc1F. The number of aliphatic hydroxyl groups excluding tert-OH is 1. The zero-order valence-corrected chi connectivity index (χ0v) is 18.3. The summed E-state index contributed by atoms with van der Waals surface area (Å²) in [5.41, 5.74) is 0.571. The molecule has 0 aliphatic rings. The van der Waals surface area contributed by atoms with Crippen LogP contribution in [0.3, 0.4) is 0 Å². The molecule has 0 radical (unpaired) electrons. The maximum absolute atomic E-state index is 13.8. The van der Waals surface area contributed by atoms with Crippen molar-refractivity contribution in [3.8, 4) is 0 Å². The van der Waals surface area contributed by atoms with Crippen molar-refractivity contribution in [2.75, 3.05) is 5.32 Å². The number of benzene rings is 3. The summed E-state index contributed by atoms with van der Waals surface area (Å²) in [4.78, 5) is 36.7. The molecule has 4 aromatic rings. The third kappa shape index (κ3) is 5.22. The molecular formula is C25H21FN4O5. The molecule has 2 atom stereocenters. The average Bonchev–Trinajstić information content (AvgIpc) is 2.86. The second-order valence-electron chi connectivity index (χ2n) is 7.87. The summed E-state index contributed by atoms with van der Waals surface area (Å²) >= 11 is 0. The van der Waals surface area contributed by atoms with Gasteiger partial charge in [-0.15, -0.1) is 5.10 Å². The van der Waals surface area contributed by atoms with E-state index in [1.807, 2.05) is 0 Å². The highest BCUT2D eigenvalue weighted by Gasteiger charge is 2.28. The first-order valence-electron chi connectivity index (χ1n) is 10.7. The van der Waals surface area contributed by atoms with E-state index in [0.29, 0.717) is 22.2 Å². The number of carboxylic acids is 1. The van der Waals surface area contributed by atoms with Crippen LogP contribution in [0.5, 0.6) is 0 Å².